The molecule has 2 atom stereocenters. The van der Waals surface area contributed by atoms with Crippen LogP contribution >= 0.6 is 0 Å². The standard InChI is InChI=1S/C13H23NO6/c1-9(7-15)6-10(11(17)19-5)14(8-16)12(18)20-13(2,3)4/h8-10,15H,6-7H2,1-5H3. The smallest absolute Gasteiger partial charge is 0.417 e. The molecule has 0 aliphatic rings. The summed E-state index contributed by atoms with van der Waals surface area (Å²) in [6.45, 7) is 6.47. The van der Waals surface area contributed by atoms with Crippen molar-refractivity contribution >= 4 is 18.5 Å². The van der Waals surface area contributed by atoms with E-state index < -0.39 is 23.7 Å². The van der Waals surface area contributed by atoms with Crippen LogP contribution in [0.2, 0.25) is 0 Å². The number of hydrogen-bond donors (Lipinski definition) is 1. The monoisotopic (exact) mass is 289 g/mol. The summed E-state index contributed by atoms with van der Waals surface area (Å²) in [6, 6.07) is -1.12. The maximum Gasteiger partial charge on any atom is 0.417 e. The van der Waals surface area contributed by atoms with E-state index in [1.807, 2.05) is 0 Å². The highest BCUT2D eigenvalue weighted by atomic mass is 16.6. The zero-order valence-corrected chi connectivity index (χ0v) is 12.6. The summed E-state index contributed by atoms with van der Waals surface area (Å²) in [7, 11) is 1.16. The number of carbonyl (C=O) groups is 3. The predicted octanol–water partition coefficient (Wildman–Crippen LogP) is 0.940. The Morgan fingerprint density at radius 3 is 2.25 bits per heavy atom. The Kier molecular flexibility index (Phi) is 7.20. The van der Waals surface area contributed by atoms with E-state index in [1.54, 1.807) is 27.7 Å². The molecule has 0 bridgehead atoms. The zero-order valence-electron chi connectivity index (χ0n) is 12.6. The summed E-state index contributed by atoms with van der Waals surface area (Å²) >= 11 is 0. The van der Waals surface area contributed by atoms with E-state index in [9.17, 15) is 14.4 Å². The Balaban J connectivity index is 5.12. The van der Waals surface area contributed by atoms with Crippen molar-refractivity contribution in [2.45, 2.75) is 45.8 Å². The molecule has 2 unspecified atom stereocenters. The molecule has 0 spiro atoms. The van der Waals surface area contributed by atoms with Crippen molar-refractivity contribution in [2.75, 3.05) is 13.7 Å². The van der Waals surface area contributed by atoms with Gasteiger partial charge in [0.05, 0.1) is 7.11 Å². The topological polar surface area (TPSA) is 93.1 Å². The molecule has 1 N–H and O–H groups in total. The Labute approximate surface area is 118 Å². The normalized spacial score (nSPS) is 14.1. The van der Waals surface area contributed by atoms with Crippen LogP contribution in [0.3, 0.4) is 0 Å². The molecule has 0 aromatic rings. The first-order valence-electron chi connectivity index (χ1n) is 6.31. The van der Waals surface area contributed by atoms with Crippen molar-refractivity contribution in [2.24, 2.45) is 5.92 Å². The Bertz CT molecular complexity index is 349. The summed E-state index contributed by atoms with van der Waals surface area (Å²) in [6.07, 6.45) is -0.589. The minimum atomic E-state index is -1.12. The average molecular weight is 289 g/mol. The van der Waals surface area contributed by atoms with Gasteiger partial charge in [0.15, 0.2) is 0 Å². The van der Waals surface area contributed by atoms with Crippen molar-refractivity contribution in [1.82, 2.24) is 4.90 Å². The fourth-order valence-electron chi connectivity index (χ4n) is 1.47. The molecular weight excluding hydrogens is 266 g/mol. The SMILES string of the molecule is COC(=O)C(CC(C)CO)N(C=O)C(=O)OC(C)(C)C. The molecule has 2 amide bonds. The molecule has 0 rings (SSSR count). The fraction of sp³-hybridized carbons (Fsp3) is 0.769. The fourth-order valence-corrected chi connectivity index (χ4v) is 1.47. The van der Waals surface area contributed by atoms with E-state index in [2.05, 4.69) is 4.74 Å². The molecule has 0 aromatic heterocycles. The maximum absolute atomic E-state index is 11.9. The van der Waals surface area contributed by atoms with Gasteiger partial charge in [0.25, 0.3) is 0 Å². The number of aliphatic hydroxyl groups is 1. The van der Waals surface area contributed by atoms with Gasteiger partial charge in [0.1, 0.15) is 11.6 Å². The summed E-state index contributed by atoms with van der Waals surface area (Å²) in [5.74, 6) is -1.01. The van der Waals surface area contributed by atoms with Crippen LogP contribution in [0.15, 0.2) is 0 Å². The molecule has 0 aliphatic heterocycles. The molecule has 0 heterocycles. The van der Waals surface area contributed by atoms with Crippen LogP contribution in [0, 0.1) is 5.92 Å². The summed E-state index contributed by atoms with van der Waals surface area (Å²) in [5.41, 5.74) is -0.790. The number of rotatable bonds is 6. The third-order valence-corrected chi connectivity index (χ3v) is 2.46. The first-order valence-corrected chi connectivity index (χ1v) is 6.31. The highest BCUT2D eigenvalue weighted by molar-refractivity contribution is 5.88. The van der Waals surface area contributed by atoms with Gasteiger partial charge < -0.3 is 14.6 Å². The van der Waals surface area contributed by atoms with Gasteiger partial charge in [-0.05, 0) is 33.1 Å². The van der Waals surface area contributed by atoms with Crippen molar-refractivity contribution in [3.63, 3.8) is 0 Å². The number of carbonyl (C=O) groups excluding carboxylic acids is 3. The van der Waals surface area contributed by atoms with Crippen molar-refractivity contribution < 1.29 is 29.0 Å². The number of esters is 1. The van der Waals surface area contributed by atoms with Gasteiger partial charge in [-0.3, -0.25) is 4.79 Å². The lowest BCUT2D eigenvalue weighted by Gasteiger charge is -2.29. The summed E-state index contributed by atoms with van der Waals surface area (Å²) in [5, 5.41) is 9.04. The van der Waals surface area contributed by atoms with E-state index in [0.717, 1.165) is 7.11 Å². The van der Waals surface area contributed by atoms with Gasteiger partial charge in [-0.1, -0.05) is 6.92 Å². The number of nitrogens with zero attached hydrogens (tertiary/aromatic N) is 1. The van der Waals surface area contributed by atoms with E-state index in [-0.39, 0.29) is 25.4 Å². The van der Waals surface area contributed by atoms with Gasteiger partial charge in [-0.15, -0.1) is 0 Å². The molecule has 116 valence electrons. The zero-order chi connectivity index (χ0) is 15.9. The highest BCUT2D eigenvalue weighted by Crippen LogP contribution is 2.16. The highest BCUT2D eigenvalue weighted by Gasteiger charge is 2.34. The second-order valence-corrected chi connectivity index (χ2v) is 5.56. The van der Waals surface area contributed by atoms with Crippen molar-refractivity contribution in [3.8, 4) is 0 Å². The number of amides is 2. The van der Waals surface area contributed by atoms with Crippen LogP contribution < -0.4 is 0 Å². The molecule has 7 nitrogen and oxygen atoms in total. The number of methoxy groups -OCH3 is 1. The van der Waals surface area contributed by atoms with E-state index in [4.69, 9.17) is 9.84 Å². The van der Waals surface area contributed by atoms with Crippen LogP contribution in [0.1, 0.15) is 34.1 Å². The Morgan fingerprint density at radius 2 is 1.90 bits per heavy atom. The quantitative estimate of drug-likeness (QED) is 0.578. The number of hydrogen-bond acceptors (Lipinski definition) is 6. The minimum absolute atomic E-state index is 0.0984. The second kappa shape index (κ2) is 7.84. The van der Waals surface area contributed by atoms with E-state index in [0.29, 0.717) is 4.90 Å². The lowest BCUT2D eigenvalue weighted by atomic mass is 10.0. The van der Waals surface area contributed by atoms with E-state index in [1.165, 1.54) is 0 Å². The number of ether oxygens (including phenoxy) is 2. The molecule has 0 saturated carbocycles. The van der Waals surface area contributed by atoms with Crippen LogP contribution in [-0.2, 0) is 19.1 Å². The molecule has 0 saturated heterocycles. The van der Waals surface area contributed by atoms with E-state index >= 15 is 0 Å². The predicted molar refractivity (Wildman–Crippen MR) is 70.8 cm³/mol. The van der Waals surface area contributed by atoms with Crippen LogP contribution in [0.25, 0.3) is 0 Å². The maximum atomic E-state index is 11.9. The average Bonchev–Trinajstić information content (AvgIpc) is 2.35. The van der Waals surface area contributed by atoms with Gasteiger partial charge in [0.2, 0.25) is 6.41 Å². The molecule has 0 radical (unpaired) electrons. The molecule has 0 aromatic carbocycles. The number of aliphatic hydroxyl groups excluding tert-OH is 1. The molecule has 0 aliphatic carbocycles. The van der Waals surface area contributed by atoms with Gasteiger partial charge >= 0.3 is 12.1 Å². The van der Waals surface area contributed by atoms with Crippen LogP contribution in [0.4, 0.5) is 4.79 Å². The third kappa shape index (κ3) is 6.01. The van der Waals surface area contributed by atoms with Crippen molar-refractivity contribution in [3.05, 3.63) is 0 Å². The second-order valence-electron chi connectivity index (χ2n) is 5.56. The number of imide groups is 1. The van der Waals surface area contributed by atoms with Crippen molar-refractivity contribution in [1.29, 1.82) is 0 Å². The molecular formula is C13H23NO6. The Morgan fingerprint density at radius 1 is 1.35 bits per heavy atom. The van der Waals surface area contributed by atoms with Gasteiger partial charge in [-0.2, -0.15) is 0 Å². The Hall–Kier alpha value is -1.63. The first kappa shape index (κ1) is 18.4. The molecule has 7 heteroatoms. The first-order chi connectivity index (χ1) is 9.16. The molecule has 0 fully saturated rings. The lowest BCUT2D eigenvalue weighted by molar-refractivity contribution is -0.150. The third-order valence-electron chi connectivity index (χ3n) is 2.46. The largest absolute Gasteiger partial charge is 0.467 e. The van der Waals surface area contributed by atoms with Gasteiger partial charge in [0, 0.05) is 6.61 Å². The van der Waals surface area contributed by atoms with Crippen LogP contribution in [0.5, 0.6) is 0 Å². The molecule has 20 heavy (non-hydrogen) atoms. The summed E-state index contributed by atoms with van der Waals surface area (Å²) < 4.78 is 9.66. The minimum Gasteiger partial charge on any atom is -0.467 e. The van der Waals surface area contributed by atoms with Gasteiger partial charge in [-0.25, -0.2) is 14.5 Å². The van der Waals surface area contributed by atoms with Crippen LogP contribution in [-0.4, -0.2) is 53.8 Å². The lowest BCUT2D eigenvalue weighted by Crippen LogP contribution is -2.47. The summed E-state index contributed by atoms with van der Waals surface area (Å²) in [4.78, 5) is 35.4.